The molecule has 3 heterocycles. The third kappa shape index (κ3) is 4.27. The molecule has 0 amide bonds. The third-order valence-corrected chi connectivity index (χ3v) is 6.17. The number of benzene rings is 1. The minimum Gasteiger partial charge on any atom is -0.304 e. The van der Waals surface area contributed by atoms with Crippen LogP contribution in [0.5, 0.6) is 0 Å². The number of Topliss-reactive ketones (excluding diaryl/α,β-unsaturated/α-hetero) is 1. The van der Waals surface area contributed by atoms with Gasteiger partial charge in [-0.15, -0.1) is 10.2 Å². The summed E-state index contributed by atoms with van der Waals surface area (Å²) >= 11 is 1.58. The second-order valence-electron chi connectivity index (χ2n) is 7.66. The van der Waals surface area contributed by atoms with Gasteiger partial charge in [0, 0.05) is 48.5 Å². The molecule has 4 rings (SSSR count). The van der Waals surface area contributed by atoms with Crippen molar-refractivity contribution in [1.82, 2.24) is 25.0 Å². The van der Waals surface area contributed by atoms with E-state index in [4.69, 9.17) is 0 Å². The van der Waals surface area contributed by atoms with Crippen molar-refractivity contribution in [2.24, 2.45) is 0 Å². The van der Waals surface area contributed by atoms with E-state index in [1.54, 1.807) is 11.3 Å². The van der Waals surface area contributed by atoms with Gasteiger partial charge in [0.2, 0.25) is 0 Å². The van der Waals surface area contributed by atoms with E-state index in [9.17, 15) is 4.79 Å². The van der Waals surface area contributed by atoms with Gasteiger partial charge in [-0.25, -0.2) is 0 Å². The van der Waals surface area contributed by atoms with E-state index < -0.39 is 0 Å². The van der Waals surface area contributed by atoms with E-state index in [1.807, 2.05) is 31.3 Å². The van der Waals surface area contributed by atoms with Crippen molar-refractivity contribution in [3.05, 3.63) is 41.2 Å². The number of hydrogen-bond acceptors (Lipinski definition) is 7. The molecule has 0 radical (unpaired) electrons. The highest BCUT2D eigenvalue weighted by atomic mass is 32.1. The zero-order chi connectivity index (χ0) is 19.7. The molecule has 1 saturated heterocycles. The molecular formula is C21H25N5OS. The number of nitrogens with zero attached hydrogens (tertiary/aromatic N) is 5. The Bertz CT molecular complexity index is 1000. The maximum Gasteiger partial charge on any atom is 0.152 e. The molecule has 0 saturated carbocycles. The minimum absolute atomic E-state index is 0.221. The van der Waals surface area contributed by atoms with Crippen LogP contribution in [-0.4, -0.2) is 70.0 Å². The average Bonchev–Trinajstić information content (AvgIpc) is 3.10. The van der Waals surface area contributed by atoms with Crippen LogP contribution < -0.4 is 0 Å². The molecule has 1 fully saturated rings. The zero-order valence-corrected chi connectivity index (χ0v) is 17.4. The van der Waals surface area contributed by atoms with Gasteiger partial charge in [0.1, 0.15) is 10.0 Å². The standard InChI is InChI=1S/C21H25N5OS/c1-14-12-25(3)6-7-26(14)13-20(27)10-19-9-18-8-16(4-5-17(18)11-22-19)21-24-23-15(2)28-21/h4-5,8-9,11,14H,6-7,10,12-13H2,1-3H3/t14-/m0/s1. The van der Waals surface area contributed by atoms with E-state index in [0.29, 0.717) is 19.0 Å². The number of piperazine rings is 1. The molecule has 1 aliphatic rings. The lowest BCUT2D eigenvalue weighted by atomic mass is 10.1. The van der Waals surface area contributed by atoms with E-state index in [-0.39, 0.29) is 5.78 Å². The van der Waals surface area contributed by atoms with Crippen LogP contribution in [0.2, 0.25) is 0 Å². The monoisotopic (exact) mass is 395 g/mol. The lowest BCUT2D eigenvalue weighted by Gasteiger charge is -2.37. The third-order valence-electron chi connectivity index (χ3n) is 5.28. The Morgan fingerprint density at radius 1 is 1.21 bits per heavy atom. The van der Waals surface area contributed by atoms with E-state index >= 15 is 0 Å². The smallest absolute Gasteiger partial charge is 0.152 e. The summed E-state index contributed by atoms with van der Waals surface area (Å²) in [5.74, 6) is 0.221. The van der Waals surface area contributed by atoms with Crippen LogP contribution in [0.15, 0.2) is 30.5 Å². The largest absolute Gasteiger partial charge is 0.304 e. The average molecular weight is 396 g/mol. The van der Waals surface area contributed by atoms with E-state index in [2.05, 4.69) is 45.0 Å². The maximum absolute atomic E-state index is 12.6. The number of hydrogen-bond donors (Lipinski definition) is 0. The van der Waals surface area contributed by atoms with Crippen LogP contribution >= 0.6 is 11.3 Å². The van der Waals surface area contributed by atoms with Gasteiger partial charge in [0.25, 0.3) is 0 Å². The summed E-state index contributed by atoms with van der Waals surface area (Å²) in [4.78, 5) is 21.7. The number of ketones is 1. The molecule has 146 valence electrons. The van der Waals surface area contributed by atoms with Crippen molar-refractivity contribution in [2.45, 2.75) is 26.3 Å². The number of fused-ring (bicyclic) bond motifs is 1. The first kappa shape index (κ1) is 19.1. The van der Waals surface area contributed by atoms with E-state index in [1.165, 1.54) is 0 Å². The van der Waals surface area contributed by atoms with Gasteiger partial charge in [-0.2, -0.15) is 0 Å². The Hall–Kier alpha value is -2.22. The van der Waals surface area contributed by atoms with Gasteiger partial charge in [-0.3, -0.25) is 14.7 Å². The van der Waals surface area contributed by atoms with Crippen LogP contribution in [0.1, 0.15) is 17.6 Å². The lowest BCUT2D eigenvalue weighted by Crippen LogP contribution is -2.52. The molecule has 0 unspecified atom stereocenters. The molecule has 7 heteroatoms. The van der Waals surface area contributed by atoms with Gasteiger partial charge in [-0.1, -0.05) is 23.5 Å². The fourth-order valence-corrected chi connectivity index (χ4v) is 4.41. The molecule has 0 N–H and O–H groups in total. The summed E-state index contributed by atoms with van der Waals surface area (Å²) in [7, 11) is 2.13. The first-order chi connectivity index (χ1) is 13.5. The number of pyridine rings is 1. The van der Waals surface area contributed by atoms with Crippen LogP contribution in [0.3, 0.4) is 0 Å². The molecule has 1 aromatic carbocycles. The Balaban J connectivity index is 1.48. The van der Waals surface area contributed by atoms with Gasteiger partial charge < -0.3 is 4.90 Å². The Kier molecular flexibility index (Phi) is 5.48. The van der Waals surface area contributed by atoms with Crippen molar-refractivity contribution in [3.63, 3.8) is 0 Å². The predicted octanol–water partition coefficient (Wildman–Crippen LogP) is 2.81. The Labute approximate surface area is 169 Å². The molecule has 0 aliphatic carbocycles. The SMILES string of the molecule is Cc1nnc(-c2ccc3cnc(CC(=O)CN4CCN(C)C[C@@H]4C)cc3c2)s1. The molecule has 0 spiro atoms. The second-order valence-corrected chi connectivity index (χ2v) is 8.84. The van der Waals surface area contributed by atoms with Crippen LogP contribution in [-0.2, 0) is 11.2 Å². The predicted molar refractivity (Wildman–Crippen MR) is 113 cm³/mol. The zero-order valence-electron chi connectivity index (χ0n) is 16.6. The molecule has 3 aromatic rings. The van der Waals surface area contributed by atoms with Crippen molar-refractivity contribution in [1.29, 1.82) is 0 Å². The number of likely N-dealkylation sites (N-methyl/N-ethyl adjacent to an activating group) is 1. The first-order valence-electron chi connectivity index (χ1n) is 9.61. The Morgan fingerprint density at radius 2 is 2.07 bits per heavy atom. The summed E-state index contributed by atoms with van der Waals surface area (Å²) in [6, 6.07) is 8.63. The highest BCUT2D eigenvalue weighted by Crippen LogP contribution is 2.27. The molecular weight excluding hydrogens is 370 g/mol. The number of aromatic nitrogens is 3. The fraction of sp³-hybridized carbons (Fsp3) is 0.429. The molecule has 28 heavy (non-hydrogen) atoms. The summed E-state index contributed by atoms with van der Waals surface area (Å²) in [5.41, 5.74) is 1.87. The maximum atomic E-state index is 12.6. The number of aryl methyl sites for hydroxylation is 1. The molecule has 1 aliphatic heterocycles. The van der Waals surface area contributed by atoms with Crippen molar-refractivity contribution < 1.29 is 4.79 Å². The number of carbonyl (C=O) groups is 1. The van der Waals surface area contributed by atoms with Crippen LogP contribution in [0.25, 0.3) is 21.3 Å². The summed E-state index contributed by atoms with van der Waals surface area (Å²) in [5, 5.41) is 12.3. The summed E-state index contributed by atoms with van der Waals surface area (Å²) in [6.07, 6.45) is 2.22. The van der Waals surface area contributed by atoms with Crippen LogP contribution in [0.4, 0.5) is 0 Å². The first-order valence-corrected chi connectivity index (χ1v) is 10.4. The minimum atomic E-state index is 0.221. The van der Waals surface area contributed by atoms with Crippen molar-refractivity contribution >= 4 is 27.9 Å². The van der Waals surface area contributed by atoms with Crippen LogP contribution in [0, 0.1) is 6.92 Å². The van der Waals surface area contributed by atoms with Gasteiger partial charge >= 0.3 is 0 Å². The second kappa shape index (κ2) is 8.03. The van der Waals surface area contributed by atoms with Gasteiger partial charge in [-0.05, 0) is 38.4 Å². The molecule has 2 aromatic heterocycles. The quantitative estimate of drug-likeness (QED) is 0.662. The van der Waals surface area contributed by atoms with Gasteiger partial charge in [0.05, 0.1) is 13.0 Å². The van der Waals surface area contributed by atoms with Gasteiger partial charge in [0.15, 0.2) is 5.78 Å². The topological polar surface area (TPSA) is 62.2 Å². The highest BCUT2D eigenvalue weighted by Gasteiger charge is 2.23. The van der Waals surface area contributed by atoms with E-state index in [0.717, 1.165) is 51.7 Å². The Morgan fingerprint density at radius 3 is 2.82 bits per heavy atom. The number of rotatable bonds is 5. The molecule has 6 nitrogen and oxygen atoms in total. The summed E-state index contributed by atoms with van der Waals surface area (Å²) in [6.45, 7) is 7.61. The van der Waals surface area contributed by atoms with Crippen molar-refractivity contribution in [3.8, 4) is 10.6 Å². The highest BCUT2D eigenvalue weighted by molar-refractivity contribution is 7.14. The lowest BCUT2D eigenvalue weighted by molar-refractivity contribution is -0.120. The normalized spacial score (nSPS) is 18.6. The number of carbonyl (C=O) groups excluding carboxylic acids is 1. The summed E-state index contributed by atoms with van der Waals surface area (Å²) < 4.78 is 0. The van der Waals surface area contributed by atoms with Crippen molar-refractivity contribution in [2.75, 3.05) is 33.2 Å². The molecule has 0 bridgehead atoms. The molecule has 1 atom stereocenters. The fourth-order valence-electron chi connectivity index (χ4n) is 3.73.